The summed E-state index contributed by atoms with van der Waals surface area (Å²) in [5.74, 6) is 0. The number of aromatic nitrogens is 3. The van der Waals surface area contributed by atoms with E-state index in [1.54, 1.807) is 0 Å². The molecule has 22 heavy (non-hydrogen) atoms. The van der Waals surface area contributed by atoms with Crippen molar-refractivity contribution < 1.29 is 21.6 Å². The molecule has 3 aromatic heterocycles. The number of thiol groups is 1. The van der Waals surface area contributed by atoms with E-state index in [-0.39, 0.29) is 25.9 Å². The van der Waals surface area contributed by atoms with E-state index >= 15 is 0 Å². The monoisotopic (exact) mass is 345 g/mol. The molecule has 0 atom stereocenters. The predicted molar refractivity (Wildman–Crippen MR) is 74.2 cm³/mol. The average Bonchev–Trinajstić information content (AvgIpc) is 2.89. The van der Waals surface area contributed by atoms with E-state index in [0.29, 0.717) is 0 Å². The summed E-state index contributed by atoms with van der Waals surface area (Å²) in [6, 6.07) is 3.69. The van der Waals surface area contributed by atoms with Crippen LogP contribution >= 0.6 is 11.3 Å². The number of halogens is 3. The van der Waals surface area contributed by atoms with Gasteiger partial charge in [-0.2, -0.15) is 13.2 Å². The first-order valence-corrected chi connectivity index (χ1v) is 7.79. The summed E-state index contributed by atoms with van der Waals surface area (Å²) in [5.41, 5.74) is -0.754. The molecule has 0 bridgehead atoms. The van der Waals surface area contributed by atoms with Crippen molar-refractivity contribution in [3.05, 3.63) is 36.2 Å². The molecular formula is C12H6F3N3O2S2. The number of nitrogens with zero attached hydrogens (tertiary/aromatic N) is 3. The van der Waals surface area contributed by atoms with Gasteiger partial charge in [0.2, 0.25) is 0 Å². The highest BCUT2D eigenvalue weighted by atomic mass is 32.2. The third kappa shape index (κ3) is 2.66. The van der Waals surface area contributed by atoms with Crippen molar-refractivity contribution in [2.75, 3.05) is 0 Å². The zero-order chi connectivity index (χ0) is 15.9. The molecule has 3 heterocycles. The minimum atomic E-state index is -4.51. The van der Waals surface area contributed by atoms with Crippen LogP contribution in [0.4, 0.5) is 13.2 Å². The largest absolute Gasteiger partial charge is 0.417 e. The molecule has 0 N–H and O–H groups in total. The Labute approximate surface area is 127 Å². The number of thiazole rings is 1. The second-order valence-electron chi connectivity index (χ2n) is 4.19. The summed E-state index contributed by atoms with van der Waals surface area (Å²) in [4.78, 5) is 11.9. The van der Waals surface area contributed by atoms with Crippen LogP contribution in [0, 0.1) is 0 Å². The van der Waals surface area contributed by atoms with E-state index in [0.717, 1.165) is 23.6 Å². The molecule has 0 unspecified atom stereocenters. The highest BCUT2D eigenvalue weighted by molar-refractivity contribution is 7.72. The van der Waals surface area contributed by atoms with E-state index in [1.165, 1.54) is 18.3 Å². The van der Waals surface area contributed by atoms with Crippen LogP contribution < -0.4 is 0 Å². The molecule has 10 heteroatoms. The molecule has 5 nitrogen and oxygen atoms in total. The molecular weight excluding hydrogens is 339 g/mol. The van der Waals surface area contributed by atoms with Crippen molar-refractivity contribution in [3.8, 4) is 10.7 Å². The smallest absolute Gasteiger partial charge is 0.252 e. The molecule has 0 spiro atoms. The number of rotatable bonds is 2. The maximum Gasteiger partial charge on any atom is 0.417 e. The van der Waals surface area contributed by atoms with Crippen LogP contribution in [0.1, 0.15) is 5.56 Å². The summed E-state index contributed by atoms with van der Waals surface area (Å²) in [5, 5.41) is 0.205. The number of alkyl halides is 3. The lowest BCUT2D eigenvalue weighted by atomic mass is 10.3. The van der Waals surface area contributed by atoms with Crippen LogP contribution in [-0.4, -0.2) is 23.4 Å². The standard InChI is InChI=1S/C12H6F3N3O2S2/c13-12(14,15)6-4-7-10(17-5-6)21-11(18-7)9-8(22(19)20)2-1-3-16-9/h1-5,22H. The molecule has 0 aliphatic carbocycles. The van der Waals surface area contributed by atoms with Gasteiger partial charge in [0.1, 0.15) is 21.0 Å². The van der Waals surface area contributed by atoms with Gasteiger partial charge >= 0.3 is 6.18 Å². The van der Waals surface area contributed by atoms with Gasteiger partial charge in [-0.25, -0.2) is 18.4 Å². The molecule has 0 radical (unpaired) electrons. The molecule has 3 rings (SSSR count). The van der Waals surface area contributed by atoms with Gasteiger partial charge in [-0.05, 0) is 18.2 Å². The Morgan fingerprint density at radius 3 is 2.64 bits per heavy atom. The molecule has 0 saturated carbocycles. The van der Waals surface area contributed by atoms with Crippen molar-refractivity contribution in [1.29, 1.82) is 0 Å². The van der Waals surface area contributed by atoms with Gasteiger partial charge in [0, 0.05) is 12.4 Å². The predicted octanol–water partition coefficient (Wildman–Crippen LogP) is 2.74. The normalized spacial score (nSPS) is 12.2. The summed E-state index contributed by atoms with van der Waals surface area (Å²) in [6.45, 7) is 0. The Hall–Kier alpha value is -2.07. The third-order valence-corrected chi connectivity index (χ3v) is 4.50. The van der Waals surface area contributed by atoms with E-state index in [1.807, 2.05) is 0 Å². The number of hydrogen-bond acceptors (Lipinski definition) is 6. The average molecular weight is 345 g/mol. The quantitative estimate of drug-likeness (QED) is 0.723. The topological polar surface area (TPSA) is 72.8 Å². The first-order valence-electron chi connectivity index (χ1n) is 5.80. The van der Waals surface area contributed by atoms with Crippen molar-refractivity contribution in [2.45, 2.75) is 11.1 Å². The van der Waals surface area contributed by atoms with E-state index in [4.69, 9.17) is 0 Å². The maximum absolute atomic E-state index is 12.7. The zero-order valence-electron chi connectivity index (χ0n) is 10.5. The minimum Gasteiger partial charge on any atom is -0.252 e. The lowest BCUT2D eigenvalue weighted by Crippen LogP contribution is -2.04. The lowest BCUT2D eigenvalue weighted by Gasteiger charge is -2.04. The van der Waals surface area contributed by atoms with Crippen molar-refractivity contribution in [2.24, 2.45) is 0 Å². The summed E-state index contributed by atoms with van der Waals surface area (Å²) in [7, 11) is -2.89. The van der Waals surface area contributed by atoms with Gasteiger partial charge in [-0.15, -0.1) is 0 Å². The maximum atomic E-state index is 12.7. The Kier molecular flexibility index (Phi) is 3.57. The molecule has 0 saturated heterocycles. The number of hydrogen-bond donors (Lipinski definition) is 1. The van der Waals surface area contributed by atoms with Crippen LogP contribution in [0.5, 0.6) is 0 Å². The fourth-order valence-electron chi connectivity index (χ4n) is 1.79. The van der Waals surface area contributed by atoms with Crippen LogP contribution in [0.25, 0.3) is 21.0 Å². The zero-order valence-corrected chi connectivity index (χ0v) is 12.2. The van der Waals surface area contributed by atoms with Crippen LogP contribution in [0.2, 0.25) is 0 Å². The van der Waals surface area contributed by atoms with E-state index in [2.05, 4.69) is 15.0 Å². The highest BCUT2D eigenvalue weighted by Crippen LogP contribution is 2.34. The van der Waals surface area contributed by atoms with Gasteiger partial charge < -0.3 is 0 Å². The Morgan fingerprint density at radius 1 is 1.18 bits per heavy atom. The molecule has 0 fully saturated rings. The first kappa shape index (κ1) is 14.9. The highest BCUT2D eigenvalue weighted by Gasteiger charge is 2.31. The second kappa shape index (κ2) is 5.29. The number of pyridine rings is 2. The summed E-state index contributed by atoms with van der Waals surface area (Å²) < 4.78 is 60.4. The van der Waals surface area contributed by atoms with Gasteiger partial charge in [0.05, 0.1) is 10.5 Å². The van der Waals surface area contributed by atoms with Crippen LogP contribution in [0.3, 0.4) is 0 Å². The molecule has 114 valence electrons. The molecule has 0 aromatic carbocycles. The van der Waals surface area contributed by atoms with Crippen molar-refractivity contribution in [3.63, 3.8) is 0 Å². The fraction of sp³-hybridized carbons (Fsp3) is 0.0833. The Balaban J connectivity index is 2.18. The molecule has 3 aromatic rings. The molecule has 0 aliphatic heterocycles. The van der Waals surface area contributed by atoms with E-state index < -0.39 is 22.4 Å². The molecule has 0 amide bonds. The van der Waals surface area contributed by atoms with Gasteiger partial charge in [0.25, 0.3) is 0 Å². The van der Waals surface area contributed by atoms with Gasteiger partial charge in [-0.3, -0.25) is 4.98 Å². The van der Waals surface area contributed by atoms with Crippen molar-refractivity contribution >= 4 is 32.4 Å². The van der Waals surface area contributed by atoms with Crippen molar-refractivity contribution in [1.82, 2.24) is 15.0 Å². The van der Waals surface area contributed by atoms with E-state index in [9.17, 15) is 21.6 Å². The lowest BCUT2D eigenvalue weighted by molar-refractivity contribution is -0.137. The minimum absolute atomic E-state index is 0.0346. The second-order valence-corrected chi connectivity index (χ2v) is 6.17. The number of fused-ring (bicyclic) bond motifs is 1. The molecule has 0 aliphatic rings. The van der Waals surface area contributed by atoms with Crippen LogP contribution in [-0.2, 0) is 16.9 Å². The Morgan fingerprint density at radius 2 is 1.95 bits per heavy atom. The fourth-order valence-corrected chi connectivity index (χ4v) is 3.31. The summed E-state index contributed by atoms with van der Waals surface area (Å²) in [6.07, 6.45) is -2.41. The first-order chi connectivity index (χ1) is 10.4. The SMILES string of the molecule is O=[SH](=O)c1cccnc1-c1nc2cc(C(F)(F)F)cnc2s1. The Bertz CT molecular complexity index is 927. The summed E-state index contributed by atoms with van der Waals surface area (Å²) >= 11 is 0.982. The van der Waals surface area contributed by atoms with Gasteiger partial charge in [0.15, 0.2) is 10.7 Å². The van der Waals surface area contributed by atoms with Crippen LogP contribution in [0.15, 0.2) is 35.5 Å². The third-order valence-electron chi connectivity index (χ3n) is 2.76. The van der Waals surface area contributed by atoms with Gasteiger partial charge in [-0.1, -0.05) is 11.3 Å².